The number of H-pyrrole nitrogens is 1. The zero-order chi connectivity index (χ0) is 22.4. The normalized spacial score (nSPS) is 12.8. The summed E-state index contributed by atoms with van der Waals surface area (Å²) in [5, 5.41) is 1.98. The van der Waals surface area contributed by atoms with Crippen molar-refractivity contribution >= 4 is 33.5 Å². The molecular weight excluding hydrogens is 446 g/mol. The maximum atomic E-state index is 13.5. The Morgan fingerprint density at radius 2 is 1.74 bits per heavy atom. The third kappa shape index (κ3) is 4.10. The van der Waals surface area contributed by atoms with Crippen molar-refractivity contribution in [2.45, 2.75) is 12.4 Å². The molecule has 4 aromatic rings. The number of aliphatic imine (C=N–C) groups is 1. The zero-order valence-corrected chi connectivity index (χ0v) is 15.9. The molecule has 5 nitrogen and oxygen atoms in total. The van der Waals surface area contributed by atoms with Crippen LogP contribution >= 0.6 is 11.3 Å². The number of thiazole rings is 1. The van der Waals surface area contributed by atoms with Crippen LogP contribution in [-0.2, 0) is 12.4 Å². The second-order valence-electron chi connectivity index (χ2n) is 6.31. The van der Waals surface area contributed by atoms with Crippen LogP contribution in [0.5, 0.6) is 0 Å². The number of aromatic nitrogens is 3. The molecule has 0 amide bonds. The maximum absolute atomic E-state index is 13.5. The van der Waals surface area contributed by atoms with Gasteiger partial charge in [0.25, 0.3) is 5.56 Å². The molecule has 12 heteroatoms. The van der Waals surface area contributed by atoms with Gasteiger partial charge in [-0.05, 0) is 30.3 Å². The lowest BCUT2D eigenvalue weighted by Gasteiger charge is -2.06. The predicted molar refractivity (Wildman–Crippen MR) is 103 cm³/mol. The lowest BCUT2D eigenvalue weighted by molar-refractivity contribution is -0.141. The molecule has 0 aliphatic carbocycles. The van der Waals surface area contributed by atoms with Crippen molar-refractivity contribution in [3.63, 3.8) is 0 Å². The SMILES string of the molecule is O=c1c(C=Nc2cccc(C(F)(F)F)c2)c(C(F)(F)F)[nH]n1-c1nc2ccccc2s1. The molecule has 0 fully saturated rings. The van der Waals surface area contributed by atoms with E-state index in [1.165, 1.54) is 6.07 Å². The first kappa shape index (κ1) is 20.8. The Kier molecular flexibility index (Phi) is 4.96. The van der Waals surface area contributed by atoms with Crippen LogP contribution in [-0.4, -0.2) is 21.0 Å². The molecule has 2 aromatic carbocycles. The van der Waals surface area contributed by atoms with E-state index >= 15 is 0 Å². The summed E-state index contributed by atoms with van der Waals surface area (Å²) >= 11 is 1.00. The number of rotatable bonds is 3. The Morgan fingerprint density at radius 3 is 2.42 bits per heavy atom. The molecule has 0 bridgehead atoms. The summed E-state index contributed by atoms with van der Waals surface area (Å²) in [4.78, 5) is 20.5. The van der Waals surface area contributed by atoms with Gasteiger partial charge >= 0.3 is 12.4 Å². The van der Waals surface area contributed by atoms with Gasteiger partial charge in [0.05, 0.1) is 27.0 Å². The van der Waals surface area contributed by atoms with Crippen LogP contribution in [0.2, 0.25) is 0 Å². The standard InChI is InChI=1S/C19H10F6N4OS/c20-18(21,22)10-4-3-5-11(8-10)26-9-12-15(19(23,24)25)28-29(16(12)30)17-27-13-6-1-2-7-14(13)31-17/h1-9,28H. The first-order valence-corrected chi connectivity index (χ1v) is 9.35. The van der Waals surface area contributed by atoms with E-state index in [2.05, 4.69) is 9.98 Å². The van der Waals surface area contributed by atoms with Gasteiger partial charge in [-0.15, -0.1) is 0 Å². The molecule has 0 aliphatic rings. The van der Waals surface area contributed by atoms with E-state index in [0.717, 1.165) is 23.5 Å². The Hall–Kier alpha value is -3.41. The highest BCUT2D eigenvalue weighted by molar-refractivity contribution is 7.20. The van der Waals surface area contributed by atoms with Gasteiger partial charge in [0.2, 0.25) is 5.13 Å². The molecule has 2 heterocycles. The smallest absolute Gasteiger partial charge is 0.284 e. The monoisotopic (exact) mass is 456 g/mol. The molecule has 160 valence electrons. The lowest BCUT2D eigenvalue weighted by atomic mass is 10.2. The van der Waals surface area contributed by atoms with Crippen molar-refractivity contribution in [2.75, 3.05) is 0 Å². The van der Waals surface area contributed by atoms with Gasteiger partial charge in [0, 0.05) is 6.21 Å². The lowest BCUT2D eigenvalue weighted by Crippen LogP contribution is -2.17. The number of benzene rings is 2. The molecule has 0 saturated carbocycles. The molecule has 0 aliphatic heterocycles. The fraction of sp³-hybridized carbons (Fsp3) is 0.105. The van der Waals surface area contributed by atoms with Crippen molar-refractivity contribution in [1.29, 1.82) is 0 Å². The molecule has 2 aromatic heterocycles. The first-order chi connectivity index (χ1) is 14.5. The Balaban J connectivity index is 1.81. The second kappa shape index (κ2) is 7.38. The van der Waals surface area contributed by atoms with Gasteiger partial charge in [0.15, 0.2) is 5.69 Å². The molecule has 31 heavy (non-hydrogen) atoms. The van der Waals surface area contributed by atoms with Crippen LogP contribution in [0.4, 0.5) is 32.0 Å². The molecule has 0 atom stereocenters. The van der Waals surface area contributed by atoms with Crippen molar-refractivity contribution < 1.29 is 26.3 Å². The molecule has 0 spiro atoms. The summed E-state index contributed by atoms with van der Waals surface area (Å²) in [7, 11) is 0. The largest absolute Gasteiger partial charge is 0.433 e. The van der Waals surface area contributed by atoms with E-state index in [4.69, 9.17) is 0 Å². The first-order valence-electron chi connectivity index (χ1n) is 8.53. The van der Waals surface area contributed by atoms with Gasteiger partial charge in [-0.25, -0.2) is 4.98 Å². The second-order valence-corrected chi connectivity index (χ2v) is 7.32. The van der Waals surface area contributed by atoms with Gasteiger partial charge < -0.3 is 0 Å². The highest BCUT2D eigenvalue weighted by Gasteiger charge is 2.38. The number of alkyl halides is 6. The molecule has 0 radical (unpaired) electrons. The van der Waals surface area contributed by atoms with Crippen molar-refractivity contribution in [3.05, 3.63) is 75.7 Å². The number of hydrogen-bond acceptors (Lipinski definition) is 4. The van der Waals surface area contributed by atoms with E-state index in [9.17, 15) is 31.1 Å². The summed E-state index contributed by atoms with van der Waals surface area (Å²) in [6.07, 6.45) is -8.98. The van der Waals surface area contributed by atoms with E-state index < -0.39 is 34.7 Å². The molecule has 0 unspecified atom stereocenters. The van der Waals surface area contributed by atoms with E-state index in [1.807, 2.05) is 5.10 Å². The van der Waals surface area contributed by atoms with E-state index in [0.29, 0.717) is 27.2 Å². The number of nitrogens with zero attached hydrogens (tertiary/aromatic N) is 3. The topological polar surface area (TPSA) is 63.0 Å². The number of aromatic amines is 1. The van der Waals surface area contributed by atoms with Crippen LogP contribution in [0.3, 0.4) is 0 Å². The fourth-order valence-electron chi connectivity index (χ4n) is 2.78. The Morgan fingerprint density at radius 1 is 1.00 bits per heavy atom. The summed E-state index contributed by atoms with van der Waals surface area (Å²) < 4.78 is 80.3. The average Bonchev–Trinajstić information content (AvgIpc) is 3.26. The minimum absolute atomic E-state index is 0.0181. The van der Waals surface area contributed by atoms with Crippen molar-refractivity contribution in [2.24, 2.45) is 4.99 Å². The summed E-state index contributed by atoms with van der Waals surface area (Å²) in [6, 6.07) is 10.5. The number of hydrogen-bond donors (Lipinski definition) is 1. The predicted octanol–water partition coefficient (Wildman–Crippen LogP) is 5.56. The molecule has 1 N–H and O–H groups in total. The minimum Gasteiger partial charge on any atom is -0.284 e. The van der Waals surface area contributed by atoms with Gasteiger partial charge in [-0.3, -0.25) is 14.9 Å². The number of fused-ring (bicyclic) bond motifs is 1. The van der Waals surface area contributed by atoms with Crippen molar-refractivity contribution in [3.8, 4) is 5.13 Å². The molecule has 0 saturated heterocycles. The molecular formula is C19H10F6N4OS. The van der Waals surface area contributed by atoms with Crippen LogP contribution in [0.25, 0.3) is 15.3 Å². The van der Waals surface area contributed by atoms with E-state index in [1.54, 1.807) is 24.3 Å². The third-order valence-electron chi connectivity index (χ3n) is 4.20. The Labute approximate surface area is 173 Å². The quantitative estimate of drug-likeness (QED) is 0.324. The average molecular weight is 456 g/mol. The van der Waals surface area contributed by atoms with Crippen LogP contribution in [0.15, 0.2) is 58.3 Å². The number of para-hydroxylation sites is 1. The summed E-state index contributed by atoms with van der Waals surface area (Å²) in [5.74, 6) is 0. The highest BCUT2D eigenvalue weighted by atomic mass is 32.1. The minimum atomic E-state index is -4.93. The summed E-state index contributed by atoms with van der Waals surface area (Å²) in [5.41, 5.74) is -4.08. The van der Waals surface area contributed by atoms with Gasteiger partial charge in [-0.1, -0.05) is 29.5 Å². The van der Waals surface area contributed by atoms with Crippen molar-refractivity contribution in [1.82, 2.24) is 14.8 Å². The number of halogens is 6. The van der Waals surface area contributed by atoms with Gasteiger partial charge in [-0.2, -0.15) is 31.0 Å². The van der Waals surface area contributed by atoms with Crippen LogP contribution in [0.1, 0.15) is 16.8 Å². The zero-order valence-electron chi connectivity index (χ0n) is 15.1. The van der Waals surface area contributed by atoms with Gasteiger partial charge in [0.1, 0.15) is 0 Å². The highest BCUT2D eigenvalue weighted by Crippen LogP contribution is 2.32. The third-order valence-corrected chi connectivity index (χ3v) is 5.22. The van der Waals surface area contributed by atoms with E-state index in [-0.39, 0.29) is 10.8 Å². The Bertz CT molecular complexity index is 1310. The van der Waals surface area contributed by atoms with Crippen LogP contribution in [0, 0.1) is 0 Å². The number of nitrogens with one attached hydrogen (secondary N) is 1. The summed E-state index contributed by atoms with van der Waals surface area (Å²) in [6.45, 7) is 0. The maximum Gasteiger partial charge on any atom is 0.433 e. The fourth-order valence-corrected chi connectivity index (χ4v) is 3.70. The van der Waals surface area contributed by atoms with Crippen LogP contribution < -0.4 is 5.56 Å². The molecule has 4 rings (SSSR count).